The van der Waals surface area contributed by atoms with E-state index in [1.807, 2.05) is 0 Å². The van der Waals surface area contributed by atoms with Crippen molar-refractivity contribution in [3.63, 3.8) is 0 Å². The zero-order valence-corrected chi connectivity index (χ0v) is 14.7. The summed E-state index contributed by atoms with van der Waals surface area (Å²) < 4.78 is 0. The molecule has 5 heteroatoms. The first-order valence-electron chi connectivity index (χ1n) is 8.12. The van der Waals surface area contributed by atoms with Crippen LogP contribution in [0.1, 0.15) is 35.5 Å². The number of hydrogen-bond donors (Lipinski definition) is 1. The van der Waals surface area contributed by atoms with Crippen molar-refractivity contribution in [1.29, 1.82) is 0 Å². The van der Waals surface area contributed by atoms with Gasteiger partial charge in [-0.15, -0.1) is 11.3 Å². The minimum absolute atomic E-state index is 0.590. The lowest BCUT2D eigenvalue weighted by atomic mass is 9.93. The highest BCUT2D eigenvalue weighted by molar-refractivity contribution is 7.09. The van der Waals surface area contributed by atoms with Gasteiger partial charge in [0.2, 0.25) is 0 Å². The highest BCUT2D eigenvalue weighted by Crippen LogP contribution is 2.56. The predicted molar refractivity (Wildman–Crippen MR) is 93.4 cm³/mol. The summed E-state index contributed by atoms with van der Waals surface area (Å²) in [6.07, 6.45) is 4.06. The zero-order chi connectivity index (χ0) is 15.0. The highest BCUT2D eigenvalue weighted by atomic mass is 32.1. The van der Waals surface area contributed by atoms with E-state index in [2.05, 4.69) is 39.3 Å². The van der Waals surface area contributed by atoms with E-state index in [0.29, 0.717) is 5.41 Å². The molecule has 0 bridgehead atoms. The van der Waals surface area contributed by atoms with E-state index >= 15 is 0 Å². The Balaban J connectivity index is 1.50. The van der Waals surface area contributed by atoms with Gasteiger partial charge in [-0.1, -0.05) is 0 Å². The number of thiophene rings is 1. The van der Waals surface area contributed by atoms with Gasteiger partial charge in [0.05, 0.1) is 10.7 Å². The maximum Gasteiger partial charge on any atom is 0.0897 e. The average molecular weight is 334 g/mol. The van der Waals surface area contributed by atoms with Gasteiger partial charge < -0.3 is 5.32 Å². The van der Waals surface area contributed by atoms with E-state index in [-0.39, 0.29) is 0 Å². The minimum atomic E-state index is 0.590. The van der Waals surface area contributed by atoms with Gasteiger partial charge in [-0.05, 0) is 67.1 Å². The van der Waals surface area contributed by atoms with Crippen LogP contribution in [0, 0.1) is 12.3 Å². The van der Waals surface area contributed by atoms with Crippen molar-refractivity contribution in [2.45, 2.75) is 45.3 Å². The number of nitrogens with one attached hydrogen (secondary N) is 1. The van der Waals surface area contributed by atoms with Crippen LogP contribution in [0.25, 0.3) is 0 Å². The van der Waals surface area contributed by atoms with E-state index in [1.165, 1.54) is 48.6 Å². The summed E-state index contributed by atoms with van der Waals surface area (Å²) in [4.78, 5) is 7.37. The maximum atomic E-state index is 4.69. The number of aryl methyl sites for hydroxylation is 1. The minimum Gasteiger partial charge on any atom is -0.317 e. The third-order valence-electron chi connectivity index (χ3n) is 5.18. The molecule has 0 unspecified atom stereocenters. The summed E-state index contributed by atoms with van der Waals surface area (Å²) in [5, 5.41) is 11.4. The molecule has 4 rings (SSSR count). The van der Waals surface area contributed by atoms with Gasteiger partial charge in [-0.2, -0.15) is 11.3 Å². The lowest BCUT2D eigenvalue weighted by Crippen LogP contribution is -2.35. The first kappa shape index (κ1) is 14.8. The van der Waals surface area contributed by atoms with Crippen molar-refractivity contribution in [2.24, 2.45) is 5.41 Å². The molecule has 1 spiro atoms. The molecule has 22 heavy (non-hydrogen) atoms. The molecule has 1 aliphatic heterocycles. The van der Waals surface area contributed by atoms with Crippen LogP contribution >= 0.6 is 22.7 Å². The number of nitrogens with zero attached hydrogens (tertiary/aromatic N) is 2. The second-order valence-electron chi connectivity index (χ2n) is 6.73. The third-order valence-corrected chi connectivity index (χ3v) is 6.74. The Hall–Kier alpha value is -0.750. The fraction of sp³-hybridized carbons (Fsp3) is 0.588. The largest absolute Gasteiger partial charge is 0.317 e. The molecule has 1 saturated heterocycles. The summed E-state index contributed by atoms with van der Waals surface area (Å²) in [5.41, 5.74) is 3.29. The van der Waals surface area contributed by atoms with Gasteiger partial charge in [0, 0.05) is 24.5 Å². The molecule has 1 N–H and O–H groups in total. The molecule has 2 aliphatic rings. The van der Waals surface area contributed by atoms with Crippen molar-refractivity contribution in [2.75, 3.05) is 13.1 Å². The summed E-state index contributed by atoms with van der Waals surface area (Å²) in [5.74, 6) is 0. The molecule has 2 aromatic rings. The highest BCUT2D eigenvalue weighted by Gasteiger charge is 2.56. The molecular weight excluding hydrogens is 310 g/mol. The number of thiazole rings is 1. The standard InChI is InChI=1S/C17H23N3S2/c1-13-19-15(12-22-13)10-20(9-14-2-7-21-11-14)16-8-17(16)3-5-18-6-4-17/h2,7,11-12,16,18H,3-6,8-10H2,1H3/t16-/m1/s1. The quantitative estimate of drug-likeness (QED) is 0.905. The van der Waals surface area contributed by atoms with Crippen LogP contribution < -0.4 is 5.32 Å². The summed E-state index contributed by atoms with van der Waals surface area (Å²) in [6, 6.07) is 3.01. The third kappa shape index (κ3) is 3.00. The van der Waals surface area contributed by atoms with Gasteiger partial charge in [-0.25, -0.2) is 4.98 Å². The van der Waals surface area contributed by atoms with Crippen LogP contribution in [0.3, 0.4) is 0 Å². The van der Waals surface area contributed by atoms with E-state index in [9.17, 15) is 0 Å². The monoisotopic (exact) mass is 333 g/mol. The van der Waals surface area contributed by atoms with E-state index in [1.54, 1.807) is 22.7 Å². The average Bonchev–Trinajstić information content (AvgIpc) is 2.90. The molecule has 2 fully saturated rings. The normalized spacial score (nSPS) is 23.3. The Morgan fingerprint density at radius 1 is 1.32 bits per heavy atom. The van der Waals surface area contributed by atoms with Gasteiger partial charge in [-0.3, -0.25) is 4.90 Å². The van der Waals surface area contributed by atoms with Crippen molar-refractivity contribution in [3.8, 4) is 0 Å². The van der Waals surface area contributed by atoms with Gasteiger partial charge >= 0.3 is 0 Å². The van der Waals surface area contributed by atoms with Crippen molar-refractivity contribution in [3.05, 3.63) is 38.5 Å². The summed E-state index contributed by atoms with van der Waals surface area (Å²) >= 11 is 3.57. The SMILES string of the molecule is Cc1nc(CN(Cc2ccsc2)[C@@H]2CC23CCNCC3)cs1. The topological polar surface area (TPSA) is 28.2 Å². The molecule has 0 amide bonds. The Morgan fingerprint density at radius 3 is 2.86 bits per heavy atom. The first-order chi connectivity index (χ1) is 10.8. The van der Waals surface area contributed by atoms with Crippen LogP contribution in [0.15, 0.2) is 22.2 Å². The molecule has 1 aliphatic carbocycles. The number of piperidine rings is 1. The lowest BCUT2D eigenvalue weighted by molar-refractivity contribution is 0.186. The summed E-state index contributed by atoms with van der Waals surface area (Å²) in [6.45, 7) is 6.56. The Labute approximate surface area is 140 Å². The van der Waals surface area contributed by atoms with Gasteiger partial charge in [0.15, 0.2) is 0 Å². The van der Waals surface area contributed by atoms with Crippen LogP contribution in [0.4, 0.5) is 0 Å². The lowest BCUT2D eigenvalue weighted by Gasteiger charge is -2.29. The van der Waals surface area contributed by atoms with Crippen LogP contribution in [0.5, 0.6) is 0 Å². The summed E-state index contributed by atoms with van der Waals surface area (Å²) in [7, 11) is 0. The van der Waals surface area contributed by atoms with Crippen molar-refractivity contribution < 1.29 is 0 Å². The van der Waals surface area contributed by atoms with E-state index in [4.69, 9.17) is 4.98 Å². The molecule has 118 valence electrons. The van der Waals surface area contributed by atoms with Crippen molar-refractivity contribution in [1.82, 2.24) is 15.2 Å². The van der Waals surface area contributed by atoms with Crippen LogP contribution in [-0.2, 0) is 13.1 Å². The van der Waals surface area contributed by atoms with E-state index in [0.717, 1.165) is 19.1 Å². The Kier molecular flexibility index (Phi) is 4.07. The second-order valence-corrected chi connectivity index (χ2v) is 8.57. The molecule has 3 heterocycles. The second kappa shape index (κ2) is 6.04. The van der Waals surface area contributed by atoms with Gasteiger partial charge in [0.25, 0.3) is 0 Å². The molecule has 2 aromatic heterocycles. The predicted octanol–water partition coefficient (Wildman–Crippen LogP) is 3.66. The first-order valence-corrected chi connectivity index (χ1v) is 9.94. The Morgan fingerprint density at radius 2 is 2.18 bits per heavy atom. The van der Waals surface area contributed by atoms with Crippen LogP contribution in [0.2, 0.25) is 0 Å². The maximum absolute atomic E-state index is 4.69. The fourth-order valence-corrected chi connectivity index (χ4v) is 5.15. The molecular formula is C17H23N3S2. The molecule has 1 saturated carbocycles. The zero-order valence-electron chi connectivity index (χ0n) is 13.0. The number of rotatable bonds is 5. The Bertz CT molecular complexity index is 614. The van der Waals surface area contributed by atoms with Gasteiger partial charge in [0.1, 0.15) is 0 Å². The van der Waals surface area contributed by atoms with E-state index < -0.39 is 0 Å². The molecule has 3 nitrogen and oxygen atoms in total. The number of hydrogen-bond acceptors (Lipinski definition) is 5. The molecule has 0 aromatic carbocycles. The number of aromatic nitrogens is 1. The molecule has 0 radical (unpaired) electrons. The van der Waals surface area contributed by atoms with Crippen molar-refractivity contribution >= 4 is 22.7 Å². The molecule has 1 atom stereocenters. The fourth-order valence-electron chi connectivity index (χ4n) is 3.89. The smallest absolute Gasteiger partial charge is 0.0897 e. The van der Waals surface area contributed by atoms with Crippen LogP contribution in [-0.4, -0.2) is 29.0 Å².